The largest absolute Gasteiger partial charge is 0.488 e. The summed E-state index contributed by atoms with van der Waals surface area (Å²) in [4.78, 5) is 67.1. The molecule has 0 radical (unpaired) electrons. The number of carboxylic acids is 1. The molecule has 98 heavy (non-hydrogen) atoms. The molecule has 3 aliphatic heterocycles. The van der Waals surface area contributed by atoms with Crippen molar-refractivity contribution in [1.82, 2.24) is 54.8 Å². The van der Waals surface area contributed by atoms with Gasteiger partial charge in [-0.1, -0.05) is 13.8 Å². The monoisotopic (exact) mass is 1330 g/mol. The second-order valence-electron chi connectivity index (χ2n) is 25.9. The molecule has 0 spiro atoms. The lowest BCUT2D eigenvalue weighted by molar-refractivity contribution is 0.0696. The number of ether oxygens (including phenoxy) is 6. The van der Waals surface area contributed by atoms with E-state index < -0.39 is 5.97 Å². The molecule has 6 fully saturated rings. The number of anilines is 7. The molecule has 5 N–H and O–H groups in total. The van der Waals surface area contributed by atoms with Crippen LogP contribution in [0.15, 0.2) is 117 Å². The van der Waals surface area contributed by atoms with Gasteiger partial charge in [-0.3, -0.25) is 15.0 Å². The number of hydrogen-bond donors (Lipinski definition) is 5. The smallest absolute Gasteiger partial charge is 0.335 e. The molecule has 0 atom stereocenters. The minimum atomic E-state index is -0.952. The van der Waals surface area contributed by atoms with Crippen LogP contribution >= 0.6 is 0 Å². The number of nitrogens with one attached hydrogen (secondary N) is 4. The average molecular weight is 1330 g/mol. The molecule has 3 aromatic carbocycles. The highest BCUT2D eigenvalue weighted by Crippen LogP contribution is 2.37. The van der Waals surface area contributed by atoms with Gasteiger partial charge in [-0.15, -0.1) is 0 Å². The van der Waals surface area contributed by atoms with Crippen molar-refractivity contribution in [3.8, 4) is 17.2 Å². The van der Waals surface area contributed by atoms with E-state index >= 15 is 0 Å². The fourth-order valence-electron chi connectivity index (χ4n) is 13.4. The maximum absolute atomic E-state index is 11.2. The van der Waals surface area contributed by atoms with E-state index in [0.717, 1.165) is 241 Å². The third kappa shape index (κ3) is 17.5. The zero-order chi connectivity index (χ0) is 67.0. The highest BCUT2D eigenvalue weighted by molar-refractivity contribution is 5.89. The Morgan fingerprint density at radius 3 is 1.21 bits per heavy atom. The van der Waals surface area contributed by atoms with Crippen LogP contribution < -0.4 is 50.2 Å². The van der Waals surface area contributed by atoms with Crippen LogP contribution in [-0.4, -0.2) is 188 Å². The summed E-state index contributed by atoms with van der Waals surface area (Å²) < 4.78 is 36.0. The molecule has 3 saturated carbocycles. The number of rotatable bonds is 18. The maximum atomic E-state index is 11.2. The molecule has 0 amide bonds. The van der Waals surface area contributed by atoms with Gasteiger partial charge in [0.25, 0.3) is 0 Å². The van der Waals surface area contributed by atoms with Crippen LogP contribution in [0.25, 0.3) is 33.1 Å². The highest BCUT2D eigenvalue weighted by atomic mass is 16.5. The van der Waals surface area contributed by atoms with Crippen molar-refractivity contribution in [2.45, 2.75) is 133 Å². The Bertz CT molecular complexity index is 4060. The van der Waals surface area contributed by atoms with Crippen molar-refractivity contribution in [2.24, 2.45) is 0 Å². The fraction of sp³-hybridized carbons (Fsp3) is 0.472. The Balaban J connectivity index is 0.000000132. The number of pyridine rings is 1. The van der Waals surface area contributed by atoms with E-state index in [1.165, 1.54) is 12.3 Å². The molecule has 26 heteroatoms. The number of nitrogens with zero attached hydrogens (tertiary/aromatic N) is 14. The van der Waals surface area contributed by atoms with Crippen molar-refractivity contribution in [3.05, 3.63) is 128 Å². The SMILES string of the molecule is CC(C)c1cnc(NC2CCC(Oc3cc(N4CCOCC4)cc4nccnc34)CC2)nc1.CNc1cc(NC2CCC(Oc3cc(N4CCOCC4)cc4nccnc34)CC2)ncn1.O=C(O)c1ccnc(NC2CCC(Oc3cc(N4CCOCC4)cc4nccnc34)CC2)c1. The third-order valence-corrected chi connectivity index (χ3v) is 18.9. The molecule has 26 nitrogen and oxygen atoms in total. The van der Waals surface area contributed by atoms with E-state index in [0.29, 0.717) is 29.8 Å². The summed E-state index contributed by atoms with van der Waals surface area (Å²) in [5, 5.41) is 22.6. The zero-order valence-corrected chi connectivity index (χ0v) is 56.0. The summed E-state index contributed by atoms with van der Waals surface area (Å²) in [5.41, 5.74) is 9.72. The first-order chi connectivity index (χ1) is 48.1. The molecule has 6 aromatic heterocycles. The van der Waals surface area contributed by atoms with Gasteiger partial charge in [0.1, 0.15) is 57.6 Å². The van der Waals surface area contributed by atoms with Crippen LogP contribution in [0.3, 0.4) is 0 Å². The lowest BCUT2D eigenvalue weighted by Gasteiger charge is -2.31. The summed E-state index contributed by atoms with van der Waals surface area (Å²) in [7, 11) is 1.86. The Morgan fingerprint density at radius 1 is 0.449 bits per heavy atom. The quantitative estimate of drug-likeness (QED) is 0.0533. The molecule has 15 rings (SSSR count). The highest BCUT2D eigenvalue weighted by Gasteiger charge is 2.29. The standard InChI is InChI=1S/C25H32N6O2.C24H27N5O4.C23H29N7O2/c1-17(2)18-15-28-25(29-16-18)30-19-3-5-21(6-4-19)33-23-14-20(31-9-11-32-12-10-31)13-22-24(23)27-8-7-26-22;30-24(31)16-5-6-26-22(13-16)28-17-1-3-19(4-2-17)33-21-15-18(29-9-11-32-12-10-29)14-20-23(21)27-8-7-25-20;1-24-21-14-22(28-15-27-21)29-16-2-4-18(5-3-16)32-20-13-17(30-8-10-31-11-9-30)12-19-23(20)26-7-6-25-19/h7-8,13-17,19,21H,3-6,9-12H2,1-2H3,(H,28,29,30);5-8,13-15,17,19H,1-4,9-12H2,(H,26,28)(H,30,31);6-7,12-16,18H,2-5,8-11H2,1H3,(H2,24,27,28,29). The molecule has 0 unspecified atom stereocenters. The number of aromatic carboxylic acids is 1. The van der Waals surface area contributed by atoms with Gasteiger partial charge in [0.05, 0.1) is 80.1 Å². The van der Waals surface area contributed by atoms with Crippen LogP contribution in [0.1, 0.15) is 113 Å². The third-order valence-electron chi connectivity index (χ3n) is 18.9. The number of carbonyl (C=O) groups is 1. The minimum Gasteiger partial charge on any atom is -0.488 e. The maximum Gasteiger partial charge on any atom is 0.335 e. The van der Waals surface area contributed by atoms with Crippen molar-refractivity contribution < 1.29 is 38.3 Å². The topological polar surface area (TPSA) is 292 Å². The van der Waals surface area contributed by atoms with Gasteiger partial charge in [-0.05, 0) is 119 Å². The molecule has 3 saturated heterocycles. The van der Waals surface area contributed by atoms with Crippen molar-refractivity contribution in [1.29, 1.82) is 0 Å². The average Bonchev–Trinajstić information content (AvgIpc) is 0.820. The second-order valence-corrected chi connectivity index (χ2v) is 25.9. The van der Waals surface area contributed by atoms with Crippen molar-refractivity contribution in [3.63, 3.8) is 0 Å². The van der Waals surface area contributed by atoms with Crippen molar-refractivity contribution >= 4 is 79.5 Å². The van der Waals surface area contributed by atoms with Crippen LogP contribution in [0.5, 0.6) is 17.2 Å². The Hall–Kier alpha value is -9.66. The van der Waals surface area contributed by atoms with E-state index in [4.69, 9.17) is 28.4 Å². The fourth-order valence-corrected chi connectivity index (χ4v) is 13.4. The van der Waals surface area contributed by atoms with Crippen LogP contribution in [0.2, 0.25) is 0 Å². The normalized spacial score (nSPS) is 21.2. The van der Waals surface area contributed by atoms with E-state index in [2.05, 4.69) is 141 Å². The second kappa shape index (κ2) is 32.6. The van der Waals surface area contributed by atoms with Crippen LogP contribution in [0.4, 0.5) is 40.5 Å². The first-order valence-corrected chi connectivity index (χ1v) is 34.6. The predicted octanol–water partition coefficient (Wildman–Crippen LogP) is 10.6. The molecular weight excluding hydrogens is 1240 g/mol. The summed E-state index contributed by atoms with van der Waals surface area (Å²) in [6.45, 7) is 13.9. The molecule has 6 aliphatic rings. The van der Waals surface area contributed by atoms with Crippen LogP contribution in [-0.2, 0) is 14.2 Å². The number of fused-ring (bicyclic) bond motifs is 3. The predicted molar refractivity (Wildman–Crippen MR) is 377 cm³/mol. The number of hydrogen-bond acceptors (Lipinski definition) is 25. The minimum absolute atomic E-state index is 0.0894. The van der Waals surface area contributed by atoms with E-state index in [1.54, 1.807) is 49.6 Å². The molecular formula is C72H88N18O8. The zero-order valence-electron chi connectivity index (χ0n) is 56.0. The van der Waals surface area contributed by atoms with Gasteiger partial charge in [0.2, 0.25) is 5.95 Å². The van der Waals surface area contributed by atoms with E-state index in [-0.39, 0.29) is 29.9 Å². The van der Waals surface area contributed by atoms with E-state index in [9.17, 15) is 9.90 Å². The van der Waals surface area contributed by atoms with Gasteiger partial charge in [0, 0.05) is 162 Å². The molecule has 3 aliphatic carbocycles. The van der Waals surface area contributed by atoms with Crippen LogP contribution in [0, 0.1) is 0 Å². The van der Waals surface area contributed by atoms with Gasteiger partial charge in [-0.2, -0.15) is 0 Å². The number of carboxylic acid groups (broad SMARTS) is 1. The lowest BCUT2D eigenvalue weighted by atomic mass is 9.93. The Labute approximate surface area is 570 Å². The van der Waals surface area contributed by atoms with Crippen molar-refractivity contribution in [2.75, 3.05) is 122 Å². The van der Waals surface area contributed by atoms with Gasteiger partial charge >= 0.3 is 5.97 Å². The molecule has 9 heterocycles. The van der Waals surface area contributed by atoms with E-state index in [1.807, 2.05) is 25.5 Å². The van der Waals surface area contributed by atoms with Gasteiger partial charge < -0.3 is 69.5 Å². The number of morpholine rings is 3. The summed E-state index contributed by atoms with van der Waals surface area (Å²) >= 11 is 0. The molecule has 514 valence electrons. The Kier molecular flexibility index (Phi) is 22.3. The molecule has 9 aromatic rings. The summed E-state index contributed by atoms with van der Waals surface area (Å²) in [6.07, 6.45) is 29.3. The Morgan fingerprint density at radius 2 is 0.827 bits per heavy atom. The van der Waals surface area contributed by atoms with Gasteiger partial charge in [-0.25, -0.2) is 44.7 Å². The number of benzene rings is 3. The first-order valence-electron chi connectivity index (χ1n) is 34.6. The first kappa shape index (κ1) is 66.9. The summed E-state index contributed by atoms with van der Waals surface area (Å²) in [5.74, 6) is 4.88. The van der Waals surface area contributed by atoms with Gasteiger partial charge in [0.15, 0.2) is 0 Å². The lowest BCUT2D eigenvalue weighted by Crippen LogP contribution is -2.36. The summed E-state index contributed by atoms with van der Waals surface area (Å²) in [6, 6.07) is 18.6. The molecule has 0 bridgehead atoms. The number of aromatic nitrogens is 11.